The fraction of sp³-hybridized carbons (Fsp3) is 0.100. The quantitative estimate of drug-likeness (QED) is 0.723. The Morgan fingerprint density at radius 2 is 1.54 bits per heavy atom. The minimum atomic E-state index is -0.178. The summed E-state index contributed by atoms with van der Waals surface area (Å²) in [6.45, 7) is 1.20. The summed E-state index contributed by atoms with van der Waals surface area (Å²) in [4.78, 5) is 0. The second kappa shape index (κ2) is 5.98. The van der Waals surface area contributed by atoms with Gasteiger partial charge in [0.05, 0.1) is 17.1 Å². The van der Waals surface area contributed by atoms with Gasteiger partial charge in [0.25, 0.3) is 0 Å². The highest BCUT2D eigenvalue weighted by Crippen LogP contribution is 2.41. The molecule has 0 spiro atoms. The molecule has 24 heavy (non-hydrogen) atoms. The van der Waals surface area contributed by atoms with E-state index >= 15 is 0 Å². The third-order valence-corrected chi connectivity index (χ3v) is 4.32. The molecule has 1 heterocycles. The molecule has 0 unspecified atom stereocenters. The maximum atomic E-state index is 14.3. The molecule has 3 nitrogen and oxygen atoms in total. The van der Waals surface area contributed by atoms with Gasteiger partial charge in [0.1, 0.15) is 5.82 Å². The number of nitrogens with two attached hydrogens (primary N) is 1. The number of anilines is 3. The summed E-state index contributed by atoms with van der Waals surface area (Å²) in [5, 5.41) is 4.15. The van der Waals surface area contributed by atoms with Crippen molar-refractivity contribution in [2.45, 2.75) is 13.1 Å². The van der Waals surface area contributed by atoms with E-state index in [0.29, 0.717) is 24.3 Å². The molecule has 3 aromatic carbocycles. The molecular weight excluding hydrogens is 301 g/mol. The Hall–Kier alpha value is -2.85. The number of nitrogen functional groups attached to an aromatic ring is 1. The van der Waals surface area contributed by atoms with Gasteiger partial charge in [-0.15, -0.1) is 0 Å². The van der Waals surface area contributed by atoms with E-state index in [1.165, 1.54) is 11.6 Å². The molecule has 0 amide bonds. The average Bonchev–Trinajstić information content (AvgIpc) is 2.96. The van der Waals surface area contributed by atoms with Gasteiger partial charge in [-0.1, -0.05) is 48.5 Å². The lowest BCUT2D eigenvalue weighted by atomic mass is 10.1. The van der Waals surface area contributed by atoms with E-state index < -0.39 is 0 Å². The van der Waals surface area contributed by atoms with Crippen LogP contribution < -0.4 is 10.7 Å². The molecule has 3 aromatic rings. The number of fused-ring (bicyclic) bond motifs is 1. The first kappa shape index (κ1) is 14.7. The van der Waals surface area contributed by atoms with Gasteiger partial charge in [-0.25, -0.2) is 9.40 Å². The lowest BCUT2D eigenvalue weighted by molar-refractivity contribution is 0.281. The number of rotatable bonds is 3. The zero-order valence-electron chi connectivity index (χ0n) is 13.2. The highest BCUT2D eigenvalue weighted by molar-refractivity contribution is 5.77. The third-order valence-electron chi connectivity index (χ3n) is 4.32. The smallest absolute Gasteiger partial charge is 0.129 e. The lowest BCUT2D eigenvalue weighted by Crippen LogP contribution is -2.33. The van der Waals surface area contributed by atoms with Crippen molar-refractivity contribution >= 4 is 17.1 Å². The summed E-state index contributed by atoms with van der Waals surface area (Å²) in [5.74, 6) is -0.178. The Labute approximate surface area is 140 Å². The van der Waals surface area contributed by atoms with E-state index in [9.17, 15) is 4.39 Å². The van der Waals surface area contributed by atoms with Crippen LogP contribution in [-0.4, -0.2) is 5.01 Å². The number of hydrazine groups is 1. The molecule has 0 atom stereocenters. The highest BCUT2D eigenvalue weighted by atomic mass is 19.1. The van der Waals surface area contributed by atoms with Gasteiger partial charge in [0, 0.05) is 18.7 Å². The molecule has 4 heteroatoms. The van der Waals surface area contributed by atoms with Crippen LogP contribution in [0.15, 0.2) is 72.8 Å². The van der Waals surface area contributed by atoms with Crippen molar-refractivity contribution in [3.05, 3.63) is 89.7 Å². The standard InChI is InChI=1S/C20H18FN3/c21-17-9-6-12-19-16(17)14-23(13-15-7-2-1-3-8-15)24(19)20-11-5-4-10-18(20)22/h1-12H,13-14,22H2. The predicted octanol–water partition coefficient (Wildman–Crippen LogP) is 4.48. The van der Waals surface area contributed by atoms with Gasteiger partial charge in [0.15, 0.2) is 0 Å². The third kappa shape index (κ3) is 2.51. The fourth-order valence-electron chi connectivity index (χ4n) is 3.19. The van der Waals surface area contributed by atoms with Crippen molar-refractivity contribution < 1.29 is 4.39 Å². The summed E-state index contributed by atoms with van der Waals surface area (Å²) in [7, 11) is 0. The number of benzene rings is 3. The molecule has 1 aliphatic heterocycles. The van der Waals surface area contributed by atoms with Crippen LogP contribution in [0.25, 0.3) is 0 Å². The summed E-state index contributed by atoms with van der Waals surface area (Å²) in [5.41, 5.74) is 10.5. The summed E-state index contributed by atoms with van der Waals surface area (Å²) in [6.07, 6.45) is 0. The number of nitrogens with zero attached hydrogens (tertiary/aromatic N) is 2. The molecule has 0 aromatic heterocycles. The Morgan fingerprint density at radius 1 is 0.833 bits per heavy atom. The van der Waals surface area contributed by atoms with Gasteiger partial charge in [-0.2, -0.15) is 0 Å². The Balaban J connectivity index is 1.79. The molecule has 0 saturated heterocycles. The van der Waals surface area contributed by atoms with Crippen molar-refractivity contribution in [2.75, 3.05) is 10.7 Å². The Kier molecular flexibility index (Phi) is 3.67. The van der Waals surface area contributed by atoms with Gasteiger partial charge < -0.3 is 5.73 Å². The molecule has 4 rings (SSSR count). The van der Waals surface area contributed by atoms with Crippen LogP contribution in [0.4, 0.5) is 21.5 Å². The summed E-state index contributed by atoms with van der Waals surface area (Å²) in [6, 6.07) is 23.1. The van der Waals surface area contributed by atoms with Gasteiger partial charge >= 0.3 is 0 Å². The largest absolute Gasteiger partial charge is 0.397 e. The van der Waals surface area contributed by atoms with Gasteiger partial charge in [-0.3, -0.25) is 5.01 Å². The zero-order chi connectivity index (χ0) is 16.5. The van der Waals surface area contributed by atoms with Crippen molar-refractivity contribution in [1.29, 1.82) is 0 Å². The van der Waals surface area contributed by atoms with E-state index in [1.54, 1.807) is 6.07 Å². The number of para-hydroxylation sites is 2. The van der Waals surface area contributed by atoms with E-state index in [2.05, 4.69) is 17.1 Å². The van der Waals surface area contributed by atoms with Crippen LogP contribution in [-0.2, 0) is 13.1 Å². The van der Waals surface area contributed by atoms with Crippen molar-refractivity contribution in [1.82, 2.24) is 5.01 Å². The minimum absolute atomic E-state index is 0.178. The summed E-state index contributed by atoms with van der Waals surface area (Å²) >= 11 is 0. The van der Waals surface area contributed by atoms with E-state index in [0.717, 1.165) is 11.4 Å². The zero-order valence-corrected chi connectivity index (χ0v) is 13.2. The maximum Gasteiger partial charge on any atom is 0.129 e. The van der Waals surface area contributed by atoms with Crippen LogP contribution in [0.1, 0.15) is 11.1 Å². The van der Waals surface area contributed by atoms with Crippen molar-refractivity contribution in [3.8, 4) is 0 Å². The minimum Gasteiger partial charge on any atom is -0.397 e. The molecule has 0 saturated carbocycles. The second-order valence-corrected chi connectivity index (χ2v) is 5.92. The van der Waals surface area contributed by atoms with Crippen LogP contribution >= 0.6 is 0 Å². The normalized spacial score (nSPS) is 14.0. The molecule has 0 bridgehead atoms. The molecule has 120 valence electrons. The SMILES string of the molecule is Nc1ccccc1N1c2cccc(F)c2CN1Cc1ccccc1. The van der Waals surface area contributed by atoms with E-state index in [4.69, 9.17) is 5.73 Å². The average molecular weight is 319 g/mol. The van der Waals surface area contributed by atoms with E-state index in [-0.39, 0.29) is 5.82 Å². The fourth-order valence-corrected chi connectivity index (χ4v) is 3.19. The molecule has 0 radical (unpaired) electrons. The predicted molar refractivity (Wildman–Crippen MR) is 95.1 cm³/mol. The Bertz CT molecular complexity index is 864. The number of hydrogen-bond donors (Lipinski definition) is 1. The highest BCUT2D eigenvalue weighted by Gasteiger charge is 2.31. The second-order valence-electron chi connectivity index (χ2n) is 5.92. The first-order chi connectivity index (χ1) is 11.7. The Morgan fingerprint density at radius 3 is 2.33 bits per heavy atom. The van der Waals surface area contributed by atoms with Crippen LogP contribution in [0.2, 0.25) is 0 Å². The van der Waals surface area contributed by atoms with Crippen LogP contribution in [0.5, 0.6) is 0 Å². The van der Waals surface area contributed by atoms with Crippen molar-refractivity contribution in [2.24, 2.45) is 0 Å². The lowest BCUT2D eigenvalue weighted by Gasteiger charge is -2.31. The molecule has 2 N–H and O–H groups in total. The van der Waals surface area contributed by atoms with Gasteiger partial charge in [-0.05, 0) is 29.8 Å². The first-order valence-corrected chi connectivity index (χ1v) is 7.95. The van der Waals surface area contributed by atoms with Crippen molar-refractivity contribution in [3.63, 3.8) is 0 Å². The number of halogens is 1. The molecular formula is C20H18FN3. The van der Waals surface area contributed by atoms with Crippen LogP contribution in [0, 0.1) is 5.82 Å². The molecule has 1 aliphatic rings. The first-order valence-electron chi connectivity index (χ1n) is 7.95. The van der Waals surface area contributed by atoms with Crippen LogP contribution in [0.3, 0.4) is 0 Å². The maximum absolute atomic E-state index is 14.3. The van der Waals surface area contributed by atoms with Gasteiger partial charge in [0.2, 0.25) is 0 Å². The number of hydrogen-bond acceptors (Lipinski definition) is 3. The molecule has 0 fully saturated rings. The summed E-state index contributed by atoms with van der Waals surface area (Å²) < 4.78 is 14.3. The monoisotopic (exact) mass is 319 g/mol. The topological polar surface area (TPSA) is 32.5 Å². The van der Waals surface area contributed by atoms with E-state index in [1.807, 2.05) is 53.5 Å². The molecule has 0 aliphatic carbocycles.